The van der Waals surface area contributed by atoms with Gasteiger partial charge in [-0.1, -0.05) is 24.3 Å². The molecule has 1 aromatic carbocycles. The monoisotopic (exact) mass is 202 g/mol. The maximum atomic E-state index is 5.48. The SMILES string of the molecule is Cc1nc(-c2ccc(CCN)cc2)n[nH]1. The molecule has 0 bridgehead atoms. The number of H-pyrrole nitrogens is 1. The van der Waals surface area contributed by atoms with Gasteiger partial charge in [0.05, 0.1) is 0 Å². The lowest BCUT2D eigenvalue weighted by Gasteiger charge is -1.99. The maximum Gasteiger partial charge on any atom is 0.181 e. The number of benzene rings is 1. The van der Waals surface area contributed by atoms with Crippen LogP contribution in [-0.2, 0) is 6.42 Å². The molecule has 0 amide bonds. The third-order valence-electron chi connectivity index (χ3n) is 2.24. The number of nitrogens with two attached hydrogens (primary N) is 1. The molecule has 0 atom stereocenters. The summed E-state index contributed by atoms with van der Waals surface area (Å²) in [4.78, 5) is 4.27. The number of nitrogens with zero attached hydrogens (tertiary/aromatic N) is 2. The van der Waals surface area contributed by atoms with E-state index >= 15 is 0 Å². The quantitative estimate of drug-likeness (QED) is 0.787. The van der Waals surface area contributed by atoms with Crippen molar-refractivity contribution in [1.82, 2.24) is 15.2 Å². The van der Waals surface area contributed by atoms with Crippen LogP contribution in [0, 0.1) is 6.92 Å². The zero-order valence-corrected chi connectivity index (χ0v) is 8.70. The lowest BCUT2D eigenvalue weighted by molar-refractivity contribution is 0.969. The predicted octanol–water partition coefficient (Wildman–Crippen LogP) is 1.28. The first-order chi connectivity index (χ1) is 7.29. The second-order valence-electron chi connectivity index (χ2n) is 3.48. The topological polar surface area (TPSA) is 67.6 Å². The molecule has 3 N–H and O–H groups in total. The molecule has 0 aliphatic rings. The fourth-order valence-electron chi connectivity index (χ4n) is 1.46. The summed E-state index contributed by atoms with van der Waals surface area (Å²) in [5.74, 6) is 1.57. The summed E-state index contributed by atoms with van der Waals surface area (Å²) in [5.41, 5.74) is 7.76. The van der Waals surface area contributed by atoms with Crippen molar-refractivity contribution in [3.8, 4) is 11.4 Å². The molecular weight excluding hydrogens is 188 g/mol. The van der Waals surface area contributed by atoms with Crippen LogP contribution in [0.3, 0.4) is 0 Å². The molecule has 0 unspecified atom stereocenters. The molecule has 1 heterocycles. The van der Waals surface area contributed by atoms with Gasteiger partial charge >= 0.3 is 0 Å². The molecule has 0 fully saturated rings. The highest BCUT2D eigenvalue weighted by Gasteiger charge is 2.02. The Morgan fingerprint density at radius 3 is 2.53 bits per heavy atom. The van der Waals surface area contributed by atoms with Crippen LogP contribution >= 0.6 is 0 Å². The number of aromatic nitrogens is 3. The Morgan fingerprint density at radius 1 is 1.27 bits per heavy atom. The van der Waals surface area contributed by atoms with Gasteiger partial charge in [0.1, 0.15) is 5.82 Å². The summed E-state index contributed by atoms with van der Waals surface area (Å²) < 4.78 is 0. The molecule has 0 aliphatic carbocycles. The number of rotatable bonds is 3. The maximum absolute atomic E-state index is 5.48. The molecule has 2 aromatic rings. The van der Waals surface area contributed by atoms with Crippen LogP contribution < -0.4 is 5.73 Å². The first kappa shape index (κ1) is 9.86. The Kier molecular flexibility index (Phi) is 2.78. The van der Waals surface area contributed by atoms with E-state index in [1.54, 1.807) is 0 Å². The van der Waals surface area contributed by atoms with Crippen molar-refractivity contribution in [2.24, 2.45) is 5.73 Å². The van der Waals surface area contributed by atoms with E-state index in [0.717, 1.165) is 23.6 Å². The Morgan fingerprint density at radius 2 is 2.00 bits per heavy atom. The number of aromatic amines is 1. The number of hydrogen-bond donors (Lipinski definition) is 2. The average molecular weight is 202 g/mol. The minimum absolute atomic E-state index is 0.680. The molecule has 0 radical (unpaired) electrons. The highest BCUT2D eigenvalue weighted by molar-refractivity contribution is 5.54. The van der Waals surface area contributed by atoms with Crippen molar-refractivity contribution in [3.63, 3.8) is 0 Å². The van der Waals surface area contributed by atoms with Crippen LogP contribution in [0.15, 0.2) is 24.3 Å². The Labute approximate surface area is 88.5 Å². The summed E-state index contributed by atoms with van der Waals surface area (Å²) >= 11 is 0. The Bertz CT molecular complexity index is 430. The smallest absolute Gasteiger partial charge is 0.181 e. The zero-order chi connectivity index (χ0) is 10.7. The van der Waals surface area contributed by atoms with Crippen LogP contribution in [0.2, 0.25) is 0 Å². The fourth-order valence-corrected chi connectivity index (χ4v) is 1.46. The Hall–Kier alpha value is -1.68. The summed E-state index contributed by atoms with van der Waals surface area (Å²) in [7, 11) is 0. The van der Waals surface area contributed by atoms with Gasteiger partial charge in [-0.3, -0.25) is 5.10 Å². The van der Waals surface area contributed by atoms with Crippen LogP contribution in [-0.4, -0.2) is 21.7 Å². The van der Waals surface area contributed by atoms with Crippen molar-refractivity contribution in [1.29, 1.82) is 0 Å². The van der Waals surface area contributed by atoms with Crippen LogP contribution in [0.1, 0.15) is 11.4 Å². The van der Waals surface area contributed by atoms with Gasteiger partial charge in [0, 0.05) is 5.56 Å². The van der Waals surface area contributed by atoms with E-state index in [1.807, 2.05) is 19.1 Å². The Balaban J connectivity index is 2.23. The molecule has 4 heteroatoms. The lowest BCUT2D eigenvalue weighted by atomic mass is 10.1. The van der Waals surface area contributed by atoms with Crippen molar-refractivity contribution < 1.29 is 0 Å². The van der Waals surface area contributed by atoms with Gasteiger partial charge < -0.3 is 5.73 Å². The number of aryl methyl sites for hydroxylation is 1. The minimum atomic E-state index is 0.680. The first-order valence-electron chi connectivity index (χ1n) is 4.98. The molecular formula is C11H14N4. The summed E-state index contributed by atoms with van der Waals surface area (Å²) in [6.07, 6.45) is 0.910. The van der Waals surface area contributed by atoms with Gasteiger partial charge in [-0.05, 0) is 25.5 Å². The molecule has 4 nitrogen and oxygen atoms in total. The number of hydrogen-bond acceptors (Lipinski definition) is 3. The van der Waals surface area contributed by atoms with Crippen LogP contribution in [0.25, 0.3) is 11.4 Å². The third-order valence-corrected chi connectivity index (χ3v) is 2.24. The standard InChI is InChI=1S/C11H14N4/c1-8-13-11(15-14-8)10-4-2-9(3-5-10)6-7-12/h2-5H,6-7,12H2,1H3,(H,13,14,15). The van der Waals surface area contributed by atoms with Crippen molar-refractivity contribution in [3.05, 3.63) is 35.7 Å². The molecule has 0 spiro atoms. The minimum Gasteiger partial charge on any atom is -0.330 e. The van der Waals surface area contributed by atoms with Gasteiger partial charge in [0.15, 0.2) is 5.82 Å². The van der Waals surface area contributed by atoms with Crippen molar-refractivity contribution in [2.45, 2.75) is 13.3 Å². The fraction of sp³-hybridized carbons (Fsp3) is 0.273. The predicted molar refractivity (Wildman–Crippen MR) is 59.3 cm³/mol. The van der Waals surface area contributed by atoms with E-state index in [0.29, 0.717) is 6.54 Å². The molecule has 1 aromatic heterocycles. The first-order valence-corrected chi connectivity index (χ1v) is 4.98. The summed E-state index contributed by atoms with van der Waals surface area (Å²) in [6.45, 7) is 2.57. The van der Waals surface area contributed by atoms with Crippen LogP contribution in [0.4, 0.5) is 0 Å². The van der Waals surface area contributed by atoms with Gasteiger partial charge in [0.25, 0.3) is 0 Å². The molecule has 2 rings (SSSR count). The van der Waals surface area contributed by atoms with Crippen molar-refractivity contribution >= 4 is 0 Å². The number of nitrogens with one attached hydrogen (secondary N) is 1. The average Bonchev–Trinajstić information content (AvgIpc) is 2.67. The summed E-state index contributed by atoms with van der Waals surface area (Å²) in [6, 6.07) is 8.17. The summed E-state index contributed by atoms with van der Waals surface area (Å²) in [5, 5.41) is 6.93. The molecule has 0 saturated carbocycles. The largest absolute Gasteiger partial charge is 0.330 e. The van der Waals surface area contributed by atoms with Gasteiger partial charge in [-0.15, -0.1) is 0 Å². The highest BCUT2D eigenvalue weighted by Crippen LogP contribution is 2.15. The second-order valence-corrected chi connectivity index (χ2v) is 3.48. The van der Waals surface area contributed by atoms with E-state index < -0.39 is 0 Å². The molecule has 0 saturated heterocycles. The molecule has 15 heavy (non-hydrogen) atoms. The lowest BCUT2D eigenvalue weighted by Crippen LogP contribution is -2.02. The van der Waals surface area contributed by atoms with E-state index in [9.17, 15) is 0 Å². The second kappa shape index (κ2) is 4.23. The van der Waals surface area contributed by atoms with E-state index in [2.05, 4.69) is 27.3 Å². The third kappa shape index (κ3) is 2.22. The van der Waals surface area contributed by atoms with E-state index in [4.69, 9.17) is 5.73 Å². The van der Waals surface area contributed by atoms with E-state index in [1.165, 1.54) is 5.56 Å². The van der Waals surface area contributed by atoms with Gasteiger partial charge in [-0.2, -0.15) is 5.10 Å². The molecule has 0 aliphatic heterocycles. The van der Waals surface area contributed by atoms with Gasteiger partial charge in [-0.25, -0.2) is 4.98 Å². The van der Waals surface area contributed by atoms with Gasteiger partial charge in [0.2, 0.25) is 0 Å². The van der Waals surface area contributed by atoms with Crippen molar-refractivity contribution in [2.75, 3.05) is 6.54 Å². The van der Waals surface area contributed by atoms with Crippen LogP contribution in [0.5, 0.6) is 0 Å². The zero-order valence-electron chi connectivity index (χ0n) is 8.70. The van der Waals surface area contributed by atoms with E-state index in [-0.39, 0.29) is 0 Å². The normalized spacial score (nSPS) is 10.5. The highest BCUT2D eigenvalue weighted by atomic mass is 15.2. The molecule has 78 valence electrons.